The van der Waals surface area contributed by atoms with Gasteiger partial charge in [-0.2, -0.15) is 4.80 Å². The van der Waals surface area contributed by atoms with E-state index in [1.807, 2.05) is 30.3 Å². The second kappa shape index (κ2) is 5.68. The highest BCUT2D eigenvalue weighted by Crippen LogP contribution is 2.30. The van der Waals surface area contributed by atoms with E-state index in [1.165, 1.54) is 23.1 Å². The van der Waals surface area contributed by atoms with Crippen LogP contribution in [0.1, 0.15) is 5.56 Å². The molecule has 8 heteroatoms. The summed E-state index contributed by atoms with van der Waals surface area (Å²) in [5.74, 6) is 0. The lowest BCUT2D eigenvalue weighted by Crippen LogP contribution is -2.03. The zero-order chi connectivity index (χ0) is 13.1. The van der Waals surface area contributed by atoms with Crippen LogP contribution in [0.2, 0.25) is 4.34 Å². The highest BCUT2D eigenvalue weighted by molar-refractivity contribution is 8.00. The Morgan fingerprint density at radius 1 is 1.26 bits per heavy atom. The van der Waals surface area contributed by atoms with Crippen molar-refractivity contribution in [2.75, 3.05) is 0 Å². The van der Waals surface area contributed by atoms with Gasteiger partial charge >= 0.3 is 0 Å². The molecule has 0 N–H and O–H groups in total. The first-order valence-electron chi connectivity index (χ1n) is 5.40. The number of thiazole rings is 1. The number of aromatic nitrogens is 5. The van der Waals surface area contributed by atoms with Gasteiger partial charge in [-0.3, -0.25) is 0 Å². The van der Waals surface area contributed by atoms with Crippen molar-refractivity contribution in [1.82, 2.24) is 25.2 Å². The lowest BCUT2D eigenvalue weighted by molar-refractivity contribution is 0.569. The van der Waals surface area contributed by atoms with E-state index < -0.39 is 0 Å². The first-order valence-corrected chi connectivity index (χ1v) is 7.41. The molecular weight excluding hydrogens is 302 g/mol. The molecule has 2 aromatic heterocycles. The molecule has 19 heavy (non-hydrogen) atoms. The monoisotopic (exact) mass is 309 g/mol. The number of hydrogen-bond donors (Lipinski definition) is 0. The molecule has 1 aromatic carbocycles. The van der Waals surface area contributed by atoms with Gasteiger partial charge in [-0.15, -0.1) is 10.2 Å². The van der Waals surface area contributed by atoms with Gasteiger partial charge in [-0.1, -0.05) is 53.3 Å². The molecule has 0 aliphatic heterocycles. The lowest BCUT2D eigenvalue weighted by Gasteiger charge is -1.97. The second-order valence-electron chi connectivity index (χ2n) is 3.62. The lowest BCUT2D eigenvalue weighted by atomic mass is 10.2. The molecule has 3 rings (SSSR count). The van der Waals surface area contributed by atoms with E-state index >= 15 is 0 Å². The van der Waals surface area contributed by atoms with Crippen molar-refractivity contribution in [3.05, 3.63) is 46.4 Å². The third-order valence-electron chi connectivity index (χ3n) is 2.24. The van der Waals surface area contributed by atoms with E-state index in [4.69, 9.17) is 11.6 Å². The van der Waals surface area contributed by atoms with E-state index in [0.717, 1.165) is 9.90 Å². The Balaban J connectivity index is 1.69. The van der Waals surface area contributed by atoms with Crippen molar-refractivity contribution < 1.29 is 0 Å². The summed E-state index contributed by atoms with van der Waals surface area (Å²) < 4.78 is 1.46. The van der Waals surface area contributed by atoms with Crippen LogP contribution in [0.15, 0.2) is 46.0 Å². The van der Waals surface area contributed by atoms with Crippen LogP contribution in [0, 0.1) is 0 Å². The number of rotatable bonds is 4. The molecule has 0 aliphatic carbocycles. The number of tetrazole rings is 1. The standard InChI is InChI=1S/C11H8ClN5S2/c12-9-6-13-11(18-9)19-10-14-16-17(15-10)7-8-4-2-1-3-5-8/h1-6H,7H2. The van der Waals surface area contributed by atoms with Crippen molar-refractivity contribution in [2.24, 2.45) is 0 Å². The molecule has 3 aromatic rings. The molecule has 0 unspecified atom stereocenters. The molecule has 2 heterocycles. The molecule has 0 aliphatic rings. The van der Waals surface area contributed by atoms with Gasteiger partial charge in [0.2, 0.25) is 5.16 Å². The van der Waals surface area contributed by atoms with Gasteiger partial charge in [0.25, 0.3) is 0 Å². The maximum Gasteiger partial charge on any atom is 0.238 e. The molecule has 0 saturated carbocycles. The first kappa shape index (κ1) is 12.6. The molecule has 0 fully saturated rings. The van der Waals surface area contributed by atoms with E-state index in [-0.39, 0.29) is 0 Å². The fraction of sp³-hybridized carbons (Fsp3) is 0.0909. The van der Waals surface area contributed by atoms with Crippen LogP contribution in [0.3, 0.4) is 0 Å². The van der Waals surface area contributed by atoms with Gasteiger partial charge < -0.3 is 0 Å². The molecule has 96 valence electrons. The van der Waals surface area contributed by atoms with Crippen molar-refractivity contribution in [1.29, 1.82) is 0 Å². The largest absolute Gasteiger partial charge is 0.238 e. The van der Waals surface area contributed by atoms with Crippen LogP contribution in [0.5, 0.6) is 0 Å². The Morgan fingerprint density at radius 2 is 2.11 bits per heavy atom. The molecule has 5 nitrogen and oxygen atoms in total. The summed E-state index contributed by atoms with van der Waals surface area (Å²) in [7, 11) is 0. The number of halogens is 1. The fourth-order valence-corrected chi connectivity index (χ4v) is 3.36. The summed E-state index contributed by atoms with van der Waals surface area (Å²) in [6.07, 6.45) is 1.61. The molecule has 0 atom stereocenters. The Labute approximate surface area is 122 Å². The van der Waals surface area contributed by atoms with Crippen molar-refractivity contribution in [2.45, 2.75) is 16.0 Å². The SMILES string of the molecule is Clc1cnc(Sc2nnn(Cc3ccccc3)n2)s1. The number of hydrogen-bond acceptors (Lipinski definition) is 6. The Hall–Kier alpha value is -1.44. The summed E-state index contributed by atoms with van der Waals surface area (Å²) in [4.78, 5) is 5.70. The highest BCUT2D eigenvalue weighted by Gasteiger charge is 2.08. The molecular formula is C11H8ClN5S2. The summed E-state index contributed by atoms with van der Waals surface area (Å²) in [5, 5.41) is 12.9. The van der Waals surface area contributed by atoms with Gasteiger partial charge in [0.05, 0.1) is 12.7 Å². The quantitative estimate of drug-likeness (QED) is 0.741. The van der Waals surface area contributed by atoms with Crippen LogP contribution in [0.25, 0.3) is 0 Å². The van der Waals surface area contributed by atoms with Crippen LogP contribution in [0.4, 0.5) is 0 Å². The summed E-state index contributed by atoms with van der Waals surface area (Å²) >= 11 is 8.57. The average molecular weight is 310 g/mol. The second-order valence-corrected chi connectivity index (χ2v) is 6.50. The van der Waals surface area contributed by atoms with Crippen LogP contribution >= 0.6 is 34.7 Å². The van der Waals surface area contributed by atoms with Crippen molar-refractivity contribution in [3.8, 4) is 0 Å². The number of benzene rings is 1. The molecule has 0 amide bonds. The van der Waals surface area contributed by atoms with E-state index in [2.05, 4.69) is 20.4 Å². The van der Waals surface area contributed by atoms with Crippen LogP contribution in [-0.4, -0.2) is 25.2 Å². The Bertz CT molecular complexity index is 667. The smallest absolute Gasteiger partial charge is 0.236 e. The zero-order valence-corrected chi connectivity index (χ0v) is 12.0. The highest BCUT2D eigenvalue weighted by atomic mass is 35.5. The van der Waals surface area contributed by atoms with Crippen molar-refractivity contribution in [3.63, 3.8) is 0 Å². The molecule has 0 radical (unpaired) electrons. The number of nitrogens with zero attached hydrogens (tertiary/aromatic N) is 5. The van der Waals surface area contributed by atoms with Crippen molar-refractivity contribution >= 4 is 34.7 Å². The minimum atomic E-state index is 0.571. The topological polar surface area (TPSA) is 56.5 Å². The maximum absolute atomic E-state index is 5.82. The minimum Gasteiger partial charge on any atom is -0.236 e. The van der Waals surface area contributed by atoms with Gasteiger partial charge in [-0.05, 0) is 22.5 Å². The molecule has 0 saturated heterocycles. The molecule has 0 spiro atoms. The van der Waals surface area contributed by atoms with Gasteiger partial charge in [-0.25, -0.2) is 4.98 Å². The predicted molar refractivity (Wildman–Crippen MR) is 74.6 cm³/mol. The van der Waals surface area contributed by atoms with E-state index in [9.17, 15) is 0 Å². The fourth-order valence-electron chi connectivity index (χ4n) is 1.45. The molecule has 0 bridgehead atoms. The maximum atomic E-state index is 5.82. The van der Waals surface area contributed by atoms with Gasteiger partial charge in [0.15, 0.2) is 4.34 Å². The third-order valence-corrected chi connectivity index (χ3v) is 4.27. The van der Waals surface area contributed by atoms with E-state index in [0.29, 0.717) is 16.0 Å². The van der Waals surface area contributed by atoms with Gasteiger partial charge in [0, 0.05) is 0 Å². The Morgan fingerprint density at radius 3 is 2.84 bits per heavy atom. The minimum absolute atomic E-state index is 0.571. The first-order chi connectivity index (χ1) is 9.29. The average Bonchev–Trinajstić information content (AvgIpc) is 3.01. The normalized spacial score (nSPS) is 10.8. The Kier molecular flexibility index (Phi) is 3.77. The third kappa shape index (κ3) is 3.31. The summed E-state index contributed by atoms with van der Waals surface area (Å²) in [6, 6.07) is 10.00. The van der Waals surface area contributed by atoms with Gasteiger partial charge in [0.1, 0.15) is 4.34 Å². The summed E-state index contributed by atoms with van der Waals surface area (Å²) in [5.41, 5.74) is 1.13. The van der Waals surface area contributed by atoms with Crippen LogP contribution in [-0.2, 0) is 6.54 Å². The van der Waals surface area contributed by atoms with Crippen LogP contribution < -0.4 is 0 Å². The summed E-state index contributed by atoms with van der Waals surface area (Å²) in [6.45, 7) is 0.604. The predicted octanol–water partition coefficient (Wildman–Crippen LogP) is 2.98. The zero-order valence-electron chi connectivity index (χ0n) is 9.60. The van der Waals surface area contributed by atoms with E-state index in [1.54, 1.807) is 11.0 Å².